The van der Waals surface area contributed by atoms with Crippen LogP contribution >= 0.6 is 11.3 Å². The van der Waals surface area contributed by atoms with Crippen LogP contribution in [0.15, 0.2) is 29.9 Å². The normalized spacial score (nSPS) is 11.2. The van der Waals surface area contributed by atoms with Gasteiger partial charge in [-0.25, -0.2) is 14.6 Å². The zero-order chi connectivity index (χ0) is 16.4. The summed E-state index contributed by atoms with van der Waals surface area (Å²) in [7, 11) is 0. The van der Waals surface area contributed by atoms with Crippen molar-refractivity contribution in [3.8, 4) is 22.0 Å². The molecule has 3 aromatic rings. The van der Waals surface area contributed by atoms with Crippen LogP contribution in [0.4, 0.5) is 0 Å². The van der Waals surface area contributed by atoms with Crippen LogP contribution < -0.4 is 4.74 Å². The largest absolute Gasteiger partial charge is 0.491 e. The Kier molecular flexibility index (Phi) is 4.43. The Morgan fingerprint density at radius 1 is 1.26 bits per heavy atom. The fourth-order valence-electron chi connectivity index (χ4n) is 2.16. The van der Waals surface area contributed by atoms with Gasteiger partial charge >= 0.3 is 0 Å². The predicted molar refractivity (Wildman–Crippen MR) is 92.3 cm³/mol. The standard InChI is InChI=1S/C17H20N4OS/c1-11(2)8-22-16-6-5-14(17-19-12(3)9-23-17)7-15(16)21-10-18-13(4)20-21/h5-7,9-11H,8H2,1-4H3. The van der Waals surface area contributed by atoms with E-state index in [0.29, 0.717) is 12.5 Å². The number of rotatable bonds is 5. The van der Waals surface area contributed by atoms with E-state index in [4.69, 9.17) is 4.74 Å². The minimum absolute atomic E-state index is 0.460. The molecule has 0 N–H and O–H groups in total. The van der Waals surface area contributed by atoms with Gasteiger partial charge in [-0.2, -0.15) is 5.10 Å². The topological polar surface area (TPSA) is 52.8 Å². The molecule has 1 aromatic carbocycles. The summed E-state index contributed by atoms with van der Waals surface area (Å²) < 4.78 is 7.71. The number of ether oxygens (including phenoxy) is 1. The van der Waals surface area contributed by atoms with Gasteiger partial charge in [-0.1, -0.05) is 13.8 Å². The van der Waals surface area contributed by atoms with Crippen LogP contribution in [0.2, 0.25) is 0 Å². The molecule has 0 atom stereocenters. The van der Waals surface area contributed by atoms with Crippen molar-refractivity contribution in [2.45, 2.75) is 27.7 Å². The van der Waals surface area contributed by atoms with Crippen molar-refractivity contribution >= 4 is 11.3 Å². The summed E-state index contributed by atoms with van der Waals surface area (Å²) in [5.74, 6) is 2.00. The highest BCUT2D eigenvalue weighted by molar-refractivity contribution is 7.13. The van der Waals surface area contributed by atoms with Crippen molar-refractivity contribution in [2.75, 3.05) is 6.61 Å². The molecular weight excluding hydrogens is 308 g/mol. The van der Waals surface area contributed by atoms with Gasteiger partial charge in [0.25, 0.3) is 0 Å². The lowest BCUT2D eigenvalue weighted by atomic mass is 10.2. The van der Waals surface area contributed by atoms with Gasteiger partial charge in [-0.3, -0.25) is 0 Å². The molecule has 0 bridgehead atoms. The molecule has 3 rings (SSSR count). The molecule has 6 heteroatoms. The van der Waals surface area contributed by atoms with Gasteiger partial charge in [-0.15, -0.1) is 11.3 Å². The van der Waals surface area contributed by atoms with Crippen LogP contribution in [0, 0.1) is 19.8 Å². The highest BCUT2D eigenvalue weighted by Gasteiger charge is 2.12. The molecule has 2 heterocycles. The first kappa shape index (κ1) is 15.7. The van der Waals surface area contributed by atoms with Crippen LogP contribution in [-0.2, 0) is 0 Å². The summed E-state index contributed by atoms with van der Waals surface area (Å²) in [4.78, 5) is 8.78. The Morgan fingerprint density at radius 3 is 2.70 bits per heavy atom. The van der Waals surface area contributed by atoms with Crippen LogP contribution in [0.1, 0.15) is 25.4 Å². The molecule has 23 heavy (non-hydrogen) atoms. The lowest BCUT2D eigenvalue weighted by molar-refractivity contribution is 0.270. The van der Waals surface area contributed by atoms with E-state index < -0.39 is 0 Å². The van der Waals surface area contributed by atoms with E-state index in [1.165, 1.54) is 0 Å². The third-order valence-corrected chi connectivity index (χ3v) is 4.26. The second-order valence-electron chi connectivity index (χ2n) is 5.92. The van der Waals surface area contributed by atoms with Gasteiger partial charge in [0.1, 0.15) is 28.6 Å². The summed E-state index contributed by atoms with van der Waals surface area (Å²) in [6, 6.07) is 6.09. The number of hydrogen-bond acceptors (Lipinski definition) is 5. The van der Waals surface area contributed by atoms with Crippen molar-refractivity contribution in [3.05, 3.63) is 41.4 Å². The maximum Gasteiger partial charge on any atom is 0.147 e. The Balaban J connectivity index is 2.03. The van der Waals surface area contributed by atoms with Gasteiger partial charge in [0.2, 0.25) is 0 Å². The fourth-order valence-corrected chi connectivity index (χ4v) is 2.95. The van der Waals surface area contributed by atoms with Crippen molar-refractivity contribution in [1.29, 1.82) is 0 Å². The highest BCUT2D eigenvalue weighted by atomic mass is 32.1. The van der Waals surface area contributed by atoms with Crippen LogP contribution in [-0.4, -0.2) is 26.4 Å². The van der Waals surface area contributed by atoms with Crippen LogP contribution in [0.25, 0.3) is 16.3 Å². The molecule has 2 aromatic heterocycles. The average molecular weight is 328 g/mol. The summed E-state index contributed by atoms with van der Waals surface area (Å²) >= 11 is 1.64. The van der Waals surface area contributed by atoms with Gasteiger partial charge in [-0.05, 0) is 38.0 Å². The van der Waals surface area contributed by atoms with E-state index >= 15 is 0 Å². The molecule has 0 aliphatic heterocycles. The Labute approximate surface area is 140 Å². The second-order valence-corrected chi connectivity index (χ2v) is 6.78. The third kappa shape index (κ3) is 3.59. The van der Waals surface area contributed by atoms with Gasteiger partial charge in [0, 0.05) is 16.6 Å². The zero-order valence-corrected chi connectivity index (χ0v) is 14.6. The van der Waals surface area contributed by atoms with Gasteiger partial charge in [0.05, 0.1) is 6.61 Å². The molecule has 120 valence electrons. The molecule has 0 aliphatic rings. The second kappa shape index (κ2) is 6.50. The minimum Gasteiger partial charge on any atom is -0.491 e. The molecule has 0 fully saturated rings. The van der Waals surface area contributed by atoms with Crippen molar-refractivity contribution in [2.24, 2.45) is 5.92 Å². The summed E-state index contributed by atoms with van der Waals surface area (Å²) in [5.41, 5.74) is 2.98. The number of aryl methyl sites for hydroxylation is 2. The zero-order valence-electron chi connectivity index (χ0n) is 13.8. The lowest BCUT2D eigenvalue weighted by Crippen LogP contribution is -2.07. The monoisotopic (exact) mass is 328 g/mol. The smallest absolute Gasteiger partial charge is 0.147 e. The Hall–Kier alpha value is -2.21. The van der Waals surface area contributed by atoms with Crippen LogP contribution in [0.3, 0.4) is 0 Å². The molecule has 0 amide bonds. The first-order valence-corrected chi connectivity index (χ1v) is 8.49. The number of hydrogen-bond donors (Lipinski definition) is 0. The van der Waals surface area contributed by atoms with Crippen molar-refractivity contribution in [3.63, 3.8) is 0 Å². The van der Waals surface area contributed by atoms with Gasteiger partial charge in [0.15, 0.2) is 0 Å². The summed E-state index contributed by atoms with van der Waals surface area (Å²) in [5, 5.41) is 7.47. The van der Waals surface area contributed by atoms with E-state index in [2.05, 4.69) is 40.4 Å². The SMILES string of the molecule is Cc1csc(-c2ccc(OCC(C)C)c(-n3cnc(C)n3)c2)n1. The maximum absolute atomic E-state index is 5.95. The van der Waals surface area contributed by atoms with Crippen molar-refractivity contribution in [1.82, 2.24) is 19.7 Å². The first-order chi connectivity index (χ1) is 11.0. The van der Waals surface area contributed by atoms with E-state index in [1.807, 2.05) is 26.0 Å². The summed E-state index contributed by atoms with van der Waals surface area (Å²) in [6.45, 7) is 8.80. The van der Waals surface area contributed by atoms with E-state index in [-0.39, 0.29) is 0 Å². The number of aromatic nitrogens is 4. The van der Waals surface area contributed by atoms with Gasteiger partial charge < -0.3 is 4.74 Å². The van der Waals surface area contributed by atoms with Crippen LogP contribution in [0.5, 0.6) is 5.75 Å². The average Bonchev–Trinajstić information content (AvgIpc) is 3.13. The number of thiazole rings is 1. The molecule has 0 saturated heterocycles. The predicted octanol–water partition coefficient (Wildman–Crippen LogP) is 4.04. The quantitative estimate of drug-likeness (QED) is 0.709. The molecule has 0 radical (unpaired) electrons. The summed E-state index contributed by atoms with van der Waals surface area (Å²) in [6.07, 6.45) is 1.71. The van der Waals surface area contributed by atoms with E-state index in [0.717, 1.165) is 33.5 Å². The fraction of sp³-hybridized carbons (Fsp3) is 0.353. The molecular formula is C17H20N4OS. The molecule has 0 saturated carbocycles. The lowest BCUT2D eigenvalue weighted by Gasteiger charge is -2.14. The molecule has 5 nitrogen and oxygen atoms in total. The first-order valence-electron chi connectivity index (χ1n) is 7.61. The van der Waals surface area contributed by atoms with E-state index in [9.17, 15) is 0 Å². The molecule has 0 unspecified atom stereocenters. The highest BCUT2D eigenvalue weighted by Crippen LogP contribution is 2.31. The van der Waals surface area contributed by atoms with E-state index in [1.54, 1.807) is 22.3 Å². The maximum atomic E-state index is 5.95. The van der Waals surface area contributed by atoms with Crippen molar-refractivity contribution < 1.29 is 4.74 Å². The number of nitrogens with zero attached hydrogens (tertiary/aromatic N) is 4. The Bertz CT molecular complexity index is 807. The third-order valence-electron chi connectivity index (χ3n) is 3.25. The Morgan fingerprint density at radius 2 is 2.09 bits per heavy atom. The molecule has 0 aliphatic carbocycles. The number of benzene rings is 1. The minimum atomic E-state index is 0.460. The molecule has 0 spiro atoms.